The van der Waals surface area contributed by atoms with Gasteiger partial charge in [-0.05, 0) is 38.6 Å². The summed E-state index contributed by atoms with van der Waals surface area (Å²) in [4.78, 5) is 0. The fourth-order valence-electron chi connectivity index (χ4n) is 2.75. The topological polar surface area (TPSA) is 33.3 Å². The van der Waals surface area contributed by atoms with Gasteiger partial charge in [0, 0.05) is 25.7 Å². The van der Waals surface area contributed by atoms with E-state index in [1.807, 2.05) is 0 Å². The van der Waals surface area contributed by atoms with Crippen LogP contribution in [0.1, 0.15) is 44.9 Å². The van der Waals surface area contributed by atoms with Gasteiger partial charge >= 0.3 is 0 Å². The molecular weight excluding hydrogens is 200 g/mol. The Morgan fingerprint density at radius 2 is 1.81 bits per heavy atom. The van der Waals surface area contributed by atoms with E-state index in [0.717, 1.165) is 32.3 Å². The van der Waals surface area contributed by atoms with Crippen LogP contribution in [0.4, 0.5) is 0 Å². The Balaban J connectivity index is 1.37. The molecule has 3 heteroatoms. The van der Waals surface area contributed by atoms with Crippen LogP contribution in [0.25, 0.3) is 0 Å². The molecule has 1 unspecified atom stereocenters. The first-order valence-electron chi connectivity index (χ1n) is 7.01. The second kappa shape index (κ2) is 7.25. The van der Waals surface area contributed by atoms with Crippen molar-refractivity contribution in [1.82, 2.24) is 10.6 Å². The molecule has 3 nitrogen and oxygen atoms in total. The van der Waals surface area contributed by atoms with Crippen LogP contribution < -0.4 is 10.6 Å². The van der Waals surface area contributed by atoms with Crippen molar-refractivity contribution in [2.75, 3.05) is 26.2 Å². The summed E-state index contributed by atoms with van der Waals surface area (Å²) in [5.74, 6) is 0. The molecule has 1 saturated carbocycles. The van der Waals surface area contributed by atoms with Gasteiger partial charge in [-0.1, -0.05) is 12.8 Å². The Labute approximate surface area is 99.3 Å². The summed E-state index contributed by atoms with van der Waals surface area (Å²) in [5.41, 5.74) is 0. The average molecular weight is 226 g/mol. The zero-order valence-electron chi connectivity index (χ0n) is 10.3. The smallest absolute Gasteiger partial charge is 0.0588 e. The second-order valence-corrected chi connectivity index (χ2v) is 5.11. The van der Waals surface area contributed by atoms with Crippen LogP contribution in [-0.4, -0.2) is 38.4 Å². The van der Waals surface area contributed by atoms with E-state index in [9.17, 15) is 0 Å². The number of rotatable bonds is 7. The van der Waals surface area contributed by atoms with Crippen LogP contribution in [0.2, 0.25) is 0 Å². The standard InChI is InChI=1S/C13H26N2O/c1-2-5-12(4-1)15-10-9-14-8-7-13-6-3-11-16-13/h12-15H,1-11H2. The summed E-state index contributed by atoms with van der Waals surface area (Å²) >= 11 is 0. The van der Waals surface area contributed by atoms with Crippen LogP contribution >= 0.6 is 0 Å². The minimum Gasteiger partial charge on any atom is -0.378 e. The molecule has 0 spiro atoms. The lowest BCUT2D eigenvalue weighted by atomic mass is 10.2. The predicted octanol–water partition coefficient (Wildman–Crippen LogP) is 1.68. The van der Waals surface area contributed by atoms with E-state index in [-0.39, 0.29) is 0 Å². The third kappa shape index (κ3) is 4.40. The maximum Gasteiger partial charge on any atom is 0.0588 e. The number of nitrogens with one attached hydrogen (secondary N) is 2. The molecule has 2 N–H and O–H groups in total. The third-order valence-electron chi connectivity index (χ3n) is 3.76. The molecule has 0 aromatic rings. The highest BCUT2D eigenvalue weighted by Gasteiger charge is 2.15. The number of ether oxygens (including phenoxy) is 1. The molecule has 16 heavy (non-hydrogen) atoms. The molecule has 0 radical (unpaired) electrons. The molecule has 1 aliphatic heterocycles. The molecule has 0 aromatic carbocycles. The van der Waals surface area contributed by atoms with Gasteiger partial charge in [-0.15, -0.1) is 0 Å². The van der Waals surface area contributed by atoms with E-state index in [1.165, 1.54) is 44.9 Å². The molecule has 1 aliphatic carbocycles. The minimum atomic E-state index is 0.537. The summed E-state index contributed by atoms with van der Waals surface area (Å²) in [6.07, 6.45) is 9.86. The van der Waals surface area contributed by atoms with Gasteiger partial charge in [-0.2, -0.15) is 0 Å². The van der Waals surface area contributed by atoms with Crippen molar-refractivity contribution in [2.24, 2.45) is 0 Å². The van der Waals surface area contributed by atoms with Crippen LogP contribution in [0.15, 0.2) is 0 Å². The molecule has 1 saturated heterocycles. The fraction of sp³-hybridized carbons (Fsp3) is 1.00. The highest BCUT2D eigenvalue weighted by molar-refractivity contribution is 4.73. The normalized spacial score (nSPS) is 26.6. The Morgan fingerprint density at radius 3 is 2.56 bits per heavy atom. The van der Waals surface area contributed by atoms with Crippen LogP contribution in [0.5, 0.6) is 0 Å². The summed E-state index contributed by atoms with van der Waals surface area (Å²) < 4.78 is 5.59. The summed E-state index contributed by atoms with van der Waals surface area (Å²) in [7, 11) is 0. The summed E-state index contributed by atoms with van der Waals surface area (Å²) in [6, 6.07) is 0.806. The number of hydrogen-bond donors (Lipinski definition) is 2. The zero-order valence-corrected chi connectivity index (χ0v) is 10.3. The van der Waals surface area contributed by atoms with E-state index in [0.29, 0.717) is 6.10 Å². The van der Waals surface area contributed by atoms with Gasteiger partial charge in [0.1, 0.15) is 0 Å². The molecule has 1 heterocycles. The Morgan fingerprint density at radius 1 is 0.938 bits per heavy atom. The van der Waals surface area contributed by atoms with Crippen molar-refractivity contribution >= 4 is 0 Å². The van der Waals surface area contributed by atoms with Gasteiger partial charge in [0.15, 0.2) is 0 Å². The fourth-order valence-corrected chi connectivity index (χ4v) is 2.75. The summed E-state index contributed by atoms with van der Waals surface area (Å²) in [6.45, 7) is 4.31. The average Bonchev–Trinajstić information content (AvgIpc) is 2.96. The molecule has 94 valence electrons. The molecule has 2 aliphatic rings. The highest BCUT2D eigenvalue weighted by Crippen LogP contribution is 2.17. The van der Waals surface area contributed by atoms with Crippen molar-refractivity contribution < 1.29 is 4.74 Å². The van der Waals surface area contributed by atoms with Crippen LogP contribution in [-0.2, 0) is 4.74 Å². The highest BCUT2D eigenvalue weighted by atomic mass is 16.5. The van der Waals surface area contributed by atoms with Crippen molar-refractivity contribution in [3.8, 4) is 0 Å². The second-order valence-electron chi connectivity index (χ2n) is 5.11. The van der Waals surface area contributed by atoms with Gasteiger partial charge in [0.2, 0.25) is 0 Å². The van der Waals surface area contributed by atoms with Gasteiger partial charge in [-0.3, -0.25) is 0 Å². The van der Waals surface area contributed by atoms with Crippen molar-refractivity contribution in [3.63, 3.8) is 0 Å². The lowest BCUT2D eigenvalue weighted by molar-refractivity contribution is 0.104. The molecule has 2 fully saturated rings. The Hall–Kier alpha value is -0.120. The minimum absolute atomic E-state index is 0.537. The van der Waals surface area contributed by atoms with Crippen molar-refractivity contribution in [2.45, 2.75) is 57.1 Å². The first kappa shape index (κ1) is 12.3. The van der Waals surface area contributed by atoms with E-state index in [4.69, 9.17) is 4.74 Å². The predicted molar refractivity (Wildman–Crippen MR) is 66.7 cm³/mol. The first-order valence-corrected chi connectivity index (χ1v) is 7.01. The van der Waals surface area contributed by atoms with E-state index in [2.05, 4.69) is 10.6 Å². The van der Waals surface area contributed by atoms with Gasteiger partial charge in [0.25, 0.3) is 0 Å². The lowest BCUT2D eigenvalue weighted by Gasteiger charge is -2.13. The van der Waals surface area contributed by atoms with Gasteiger partial charge in [-0.25, -0.2) is 0 Å². The Bertz CT molecular complexity index is 155. The van der Waals surface area contributed by atoms with Crippen LogP contribution in [0.3, 0.4) is 0 Å². The number of hydrogen-bond acceptors (Lipinski definition) is 3. The third-order valence-corrected chi connectivity index (χ3v) is 3.76. The largest absolute Gasteiger partial charge is 0.378 e. The van der Waals surface area contributed by atoms with E-state index < -0.39 is 0 Å². The van der Waals surface area contributed by atoms with Gasteiger partial charge < -0.3 is 15.4 Å². The van der Waals surface area contributed by atoms with Crippen molar-refractivity contribution in [3.05, 3.63) is 0 Å². The molecule has 0 amide bonds. The maximum absolute atomic E-state index is 5.59. The molecule has 1 atom stereocenters. The molecular formula is C13H26N2O. The quantitative estimate of drug-likeness (QED) is 0.648. The lowest BCUT2D eigenvalue weighted by Crippen LogP contribution is -2.34. The SMILES string of the molecule is C1CCC(NCCNCCC2CCCO2)C1. The zero-order chi connectivity index (χ0) is 11.1. The monoisotopic (exact) mass is 226 g/mol. The maximum atomic E-state index is 5.59. The molecule has 0 bridgehead atoms. The summed E-state index contributed by atoms with van der Waals surface area (Å²) in [5, 5.41) is 7.11. The van der Waals surface area contributed by atoms with Gasteiger partial charge in [0.05, 0.1) is 6.10 Å². The van der Waals surface area contributed by atoms with E-state index in [1.54, 1.807) is 0 Å². The molecule has 0 aromatic heterocycles. The first-order chi connectivity index (χ1) is 7.95. The van der Waals surface area contributed by atoms with E-state index >= 15 is 0 Å². The van der Waals surface area contributed by atoms with Crippen molar-refractivity contribution in [1.29, 1.82) is 0 Å². The molecule has 2 rings (SSSR count). The Kier molecular flexibility index (Phi) is 5.59. The van der Waals surface area contributed by atoms with Crippen LogP contribution in [0, 0.1) is 0 Å².